The normalized spacial score (nSPS) is 22.5. The van der Waals surface area contributed by atoms with Crippen LogP contribution in [0.25, 0.3) is 0 Å². The number of aromatic nitrogens is 2. The van der Waals surface area contributed by atoms with Crippen molar-refractivity contribution in [3.63, 3.8) is 0 Å². The Morgan fingerprint density at radius 1 is 1.69 bits per heavy atom. The topological polar surface area (TPSA) is 64.1 Å². The third kappa shape index (κ3) is 1.65. The molecule has 1 amide bonds. The first-order valence-electron chi connectivity index (χ1n) is 3.96. The van der Waals surface area contributed by atoms with Gasteiger partial charge in [0.05, 0.1) is 12.3 Å². The van der Waals surface area contributed by atoms with Crippen molar-refractivity contribution in [2.45, 2.75) is 6.10 Å². The summed E-state index contributed by atoms with van der Waals surface area (Å²) in [7, 11) is 0. The second kappa shape index (κ2) is 3.49. The van der Waals surface area contributed by atoms with Gasteiger partial charge in [0.1, 0.15) is 0 Å². The van der Waals surface area contributed by atoms with Crippen molar-refractivity contribution in [1.82, 2.24) is 15.3 Å². The fourth-order valence-electron chi connectivity index (χ4n) is 1.16. The molecular formula is C8H8N3O2. The number of carbonyl (C=O) groups is 1. The van der Waals surface area contributed by atoms with Crippen LogP contribution in [0.1, 0.15) is 11.8 Å². The van der Waals surface area contributed by atoms with E-state index in [1.54, 1.807) is 6.07 Å². The summed E-state index contributed by atoms with van der Waals surface area (Å²) in [6, 6.07) is 1.64. The molecule has 1 aliphatic rings. The first-order chi connectivity index (χ1) is 6.38. The number of hydrogen-bond donors (Lipinski definition) is 1. The molecule has 0 saturated carbocycles. The Balaban J connectivity index is 2.20. The number of ether oxygens (including phenoxy) is 1. The average Bonchev–Trinajstić information content (AvgIpc) is 2.20. The molecule has 1 radical (unpaired) electrons. The second-order valence-corrected chi connectivity index (χ2v) is 2.62. The summed E-state index contributed by atoms with van der Waals surface area (Å²) in [5.41, 5.74) is 0.548. The molecule has 67 valence electrons. The molecule has 1 aliphatic heterocycles. The van der Waals surface area contributed by atoms with Gasteiger partial charge in [-0.25, -0.2) is 9.97 Å². The van der Waals surface area contributed by atoms with E-state index in [1.165, 1.54) is 6.20 Å². The summed E-state index contributed by atoms with van der Waals surface area (Å²) >= 11 is 0. The molecule has 0 aliphatic carbocycles. The zero-order chi connectivity index (χ0) is 9.10. The van der Waals surface area contributed by atoms with E-state index in [4.69, 9.17) is 4.74 Å². The number of amides is 1. The van der Waals surface area contributed by atoms with Crippen LogP contribution in [0.4, 0.5) is 0 Å². The average molecular weight is 178 g/mol. The summed E-state index contributed by atoms with van der Waals surface area (Å²) < 4.78 is 5.25. The standard InChI is InChI=1S/C8H8N3O2/c12-8-7(13-4-3-10-8)6-1-2-9-5-11-6/h1-2,7H,3-4H2,(H,10,12). The van der Waals surface area contributed by atoms with Crippen molar-refractivity contribution in [3.8, 4) is 0 Å². The predicted molar refractivity (Wildman–Crippen MR) is 42.6 cm³/mol. The fourth-order valence-corrected chi connectivity index (χ4v) is 1.16. The van der Waals surface area contributed by atoms with Crippen molar-refractivity contribution in [3.05, 3.63) is 24.3 Å². The van der Waals surface area contributed by atoms with Crippen LogP contribution in [0.5, 0.6) is 0 Å². The first-order valence-corrected chi connectivity index (χ1v) is 3.96. The van der Waals surface area contributed by atoms with Crippen molar-refractivity contribution in [1.29, 1.82) is 0 Å². The molecule has 1 fully saturated rings. The molecule has 13 heavy (non-hydrogen) atoms. The highest BCUT2D eigenvalue weighted by molar-refractivity contribution is 5.82. The first kappa shape index (κ1) is 8.12. The Kier molecular flexibility index (Phi) is 2.18. The Bertz CT molecular complexity index is 302. The van der Waals surface area contributed by atoms with Gasteiger partial charge in [-0.15, -0.1) is 0 Å². The zero-order valence-corrected chi connectivity index (χ0v) is 6.86. The second-order valence-electron chi connectivity index (χ2n) is 2.62. The van der Waals surface area contributed by atoms with Gasteiger partial charge >= 0.3 is 0 Å². The third-order valence-corrected chi connectivity index (χ3v) is 1.75. The maximum atomic E-state index is 11.3. The number of morpholine rings is 1. The zero-order valence-electron chi connectivity index (χ0n) is 6.86. The molecule has 5 nitrogen and oxygen atoms in total. The highest BCUT2D eigenvalue weighted by Gasteiger charge is 2.25. The van der Waals surface area contributed by atoms with Crippen LogP contribution in [0.2, 0.25) is 0 Å². The van der Waals surface area contributed by atoms with Crippen molar-refractivity contribution in [2.75, 3.05) is 13.2 Å². The molecule has 1 atom stereocenters. The molecule has 1 N–H and O–H groups in total. The van der Waals surface area contributed by atoms with Crippen LogP contribution >= 0.6 is 0 Å². The predicted octanol–water partition coefficient (Wildman–Crippen LogP) is -0.536. The van der Waals surface area contributed by atoms with Crippen molar-refractivity contribution >= 4 is 5.91 Å². The van der Waals surface area contributed by atoms with Crippen LogP contribution in [-0.2, 0) is 9.53 Å². The van der Waals surface area contributed by atoms with Gasteiger partial charge in [-0.05, 0) is 6.07 Å². The lowest BCUT2D eigenvalue weighted by molar-refractivity contribution is -0.138. The van der Waals surface area contributed by atoms with Crippen molar-refractivity contribution in [2.24, 2.45) is 0 Å². The molecule has 5 heteroatoms. The Morgan fingerprint density at radius 2 is 2.62 bits per heavy atom. The molecule has 2 rings (SSSR count). The summed E-state index contributed by atoms with van der Waals surface area (Å²) in [6.07, 6.45) is 3.35. The quantitative estimate of drug-likeness (QED) is 0.627. The van der Waals surface area contributed by atoms with E-state index in [0.717, 1.165) is 0 Å². The minimum absolute atomic E-state index is 0.154. The van der Waals surface area contributed by atoms with Crippen LogP contribution in [0, 0.1) is 6.33 Å². The number of rotatable bonds is 1. The Morgan fingerprint density at radius 3 is 3.31 bits per heavy atom. The van der Waals surface area contributed by atoms with Gasteiger partial charge in [-0.2, -0.15) is 0 Å². The smallest absolute Gasteiger partial charge is 0.255 e. The van der Waals surface area contributed by atoms with Gasteiger partial charge in [-0.3, -0.25) is 4.79 Å². The van der Waals surface area contributed by atoms with Crippen molar-refractivity contribution < 1.29 is 9.53 Å². The van der Waals surface area contributed by atoms with E-state index in [0.29, 0.717) is 18.8 Å². The largest absolute Gasteiger partial charge is 0.360 e. The number of hydrogen-bond acceptors (Lipinski definition) is 4. The molecule has 1 aromatic heterocycles. The van der Waals surface area contributed by atoms with Gasteiger partial charge in [0.2, 0.25) is 0 Å². The maximum absolute atomic E-state index is 11.3. The van der Waals surface area contributed by atoms with Crippen LogP contribution in [-0.4, -0.2) is 29.0 Å². The van der Waals surface area contributed by atoms with Crippen LogP contribution in [0.15, 0.2) is 12.3 Å². The third-order valence-electron chi connectivity index (χ3n) is 1.75. The molecule has 0 spiro atoms. The maximum Gasteiger partial charge on any atom is 0.255 e. The molecule has 1 aromatic rings. The van der Waals surface area contributed by atoms with Gasteiger partial charge in [0.25, 0.3) is 5.91 Å². The fraction of sp³-hybridized carbons (Fsp3) is 0.375. The van der Waals surface area contributed by atoms with Gasteiger partial charge in [-0.1, -0.05) is 0 Å². The summed E-state index contributed by atoms with van der Waals surface area (Å²) in [5.74, 6) is -0.154. The Labute approximate surface area is 75.1 Å². The minimum atomic E-state index is -0.604. The number of nitrogens with one attached hydrogen (secondary N) is 1. The minimum Gasteiger partial charge on any atom is -0.360 e. The van der Waals surface area contributed by atoms with E-state index >= 15 is 0 Å². The SMILES string of the molecule is O=C1NCCOC1c1ccn[c]n1. The highest BCUT2D eigenvalue weighted by atomic mass is 16.5. The number of carbonyl (C=O) groups excluding carboxylic acids is 1. The van der Waals surface area contributed by atoms with Crippen LogP contribution in [0.3, 0.4) is 0 Å². The summed E-state index contributed by atoms with van der Waals surface area (Å²) in [5, 5.41) is 2.69. The van der Waals surface area contributed by atoms with E-state index in [9.17, 15) is 4.79 Å². The summed E-state index contributed by atoms with van der Waals surface area (Å²) in [6.45, 7) is 1.07. The molecule has 2 heterocycles. The van der Waals surface area contributed by atoms with E-state index in [1.807, 2.05) is 0 Å². The van der Waals surface area contributed by atoms with Gasteiger partial charge in [0, 0.05) is 12.7 Å². The molecule has 0 bridgehead atoms. The molecular weight excluding hydrogens is 170 g/mol. The molecule has 0 aromatic carbocycles. The molecule has 1 saturated heterocycles. The Hall–Kier alpha value is -1.49. The van der Waals surface area contributed by atoms with E-state index < -0.39 is 6.10 Å². The number of nitrogens with zero attached hydrogens (tertiary/aromatic N) is 2. The highest BCUT2D eigenvalue weighted by Crippen LogP contribution is 2.15. The van der Waals surface area contributed by atoms with Gasteiger partial charge < -0.3 is 10.1 Å². The van der Waals surface area contributed by atoms with Crippen LogP contribution < -0.4 is 5.32 Å². The molecule has 1 unspecified atom stereocenters. The summed E-state index contributed by atoms with van der Waals surface area (Å²) in [4.78, 5) is 18.8. The lowest BCUT2D eigenvalue weighted by Crippen LogP contribution is -2.39. The lowest BCUT2D eigenvalue weighted by atomic mass is 10.2. The van der Waals surface area contributed by atoms with E-state index in [2.05, 4.69) is 21.6 Å². The van der Waals surface area contributed by atoms with E-state index in [-0.39, 0.29) is 5.91 Å². The monoisotopic (exact) mass is 178 g/mol. The van der Waals surface area contributed by atoms with Gasteiger partial charge in [0.15, 0.2) is 12.4 Å². The lowest BCUT2D eigenvalue weighted by Gasteiger charge is -2.21.